The molecule has 0 saturated carbocycles. The van der Waals surface area contributed by atoms with Gasteiger partial charge in [-0.15, -0.1) is 0 Å². The molecule has 4 aromatic carbocycles. The van der Waals surface area contributed by atoms with Gasteiger partial charge in [-0.3, -0.25) is 0 Å². The topological polar surface area (TPSA) is 0 Å². The van der Waals surface area contributed by atoms with Crippen molar-refractivity contribution in [1.29, 1.82) is 0 Å². The van der Waals surface area contributed by atoms with Crippen LogP contribution in [-0.4, -0.2) is 0 Å². The van der Waals surface area contributed by atoms with E-state index in [9.17, 15) is 0 Å². The lowest BCUT2D eigenvalue weighted by Crippen LogP contribution is -3.34. The van der Waals surface area contributed by atoms with Crippen molar-refractivity contribution in [1.82, 2.24) is 0 Å². The Morgan fingerprint density at radius 1 is 0.636 bits per heavy atom. The Morgan fingerprint density at radius 2 is 1.18 bits per heavy atom. The molecule has 0 fully saturated rings. The number of benzene rings is 4. The monoisotopic (exact) mass is 395 g/mol. The number of fused-ring (bicyclic) bond motifs is 2. The summed E-state index contributed by atoms with van der Waals surface area (Å²) in [5, 5.41) is 5.38. The molecule has 0 heterocycles. The third-order valence-corrected chi connectivity index (χ3v) is 5.44. The maximum atomic E-state index is 2.28. The molecule has 4 rings (SSSR count). The van der Waals surface area contributed by atoms with E-state index in [2.05, 4.69) is 102 Å². The Labute approximate surface area is 143 Å². The van der Waals surface area contributed by atoms with Gasteiger partial charge in [-0.1, -0.05) is 66.2 Å². The van der Waals surface area contributed by atoms with Crippen LogP contribution in [0.15, 0.2) is 72.8 Å². The quantitative estimate of drug-likeness (QED) is 0.343. The molecule has 0 N–H and O–H groups in total. The van der Waals surface area contributed by atoms with Crippen LogP contribution in [0.1, 0.15) is 5.56 Å². The largest absolute Gasteiger partial charge is 0.298 e. The standard InChI is InChI=1S/C21H16I/c1-14-7-6-8-15(13-14)20-16-9-2-4-11-18(16)21(22)19-12-5-3-10-17(19)20/h2-13,22H,1H3/q+1. The molecule has 0 aliphatic heterocycles. The van der Waals surface area contributed by atoms with Crippen molar-refractivity contribution in [2.45, 2.75) is 6.92 Å². The van der Waals surface area contributed by atoms with Gasteiger partial charge in [0.1, 0.15) is 0 Å². The van der Waals surface area contributed by atoms with Crippen LogP contribution in [0.25, 0.3) is 32.7 Å². The molecule has 0 nitrogen and oxygen atoms in total. The third-order valence-electron chi connectivity index (χ3n) is 4.19. The first-order valence-electron chi connectivity index (χ1n) is 7.43. The van der Waals surface area contributed by atoms with Gasteiger partial charge >= 0.3 is 0 Å². The van der Waals surface area contributed by atoms with Crippen LogP contribution in [-0.2, 0) is 0 Å². The average Bonchev–Trinajstić information content (AvgIpc) is 2.55. The zero-order chi connectivity index (χ0) is 15.1. The zero-order valence-electron chi connectivity index (χ0n) is 12.3. The lowest BCUT2D eigenvalue weighted by molar-refractivity contribution is -0.321. The number of hydrogen-bond acceptors (Lipinski definition) is 0. The third kappa shape index (κ3) is 2.12. The molecular weight excluding hydrogens is 379 g/mol. The van der Waals surface area contributed by atoms with Crippen molar-refractivity contribution in [2.24, 2.45) is 0 Å². The van der Waals surface area contributed by atoms with Crippen molar-refractivity contribution < 1.29 is 22.6 Å². The summed E-state index contributed by atoms with van der Waals surface area (Å²) in [5.74, 6) is 0. The lowest BCUT2D eigenvalue weighted by Gasteiger charge is -2.12. The van der Waals surface area contributed by atoms with Gasteiger partial charge in [-0.25, -0.2) is 0 Å². The van der Waals surface area contributed by atoms with Gasteiger partial charge in [-0.05, 0) is 41.0 Å². The summed E-state index contributed by atoms with van der Waals surface area (Å²) in [7, 11) is 0. The van der Waals surface area contributed by atoms with Gasteiger partial charge in [0.25, 0.3) is 22.6 Å². The fourth-order valence-corrected chi connectivity index (χ4v) is 4.22. The molecule has 0 aliphatic carbocycles. The minimum absolute atomic E-state index is 1.30. The van der Waals surface area contributed by atoms with Crippen LogP contribution in [0.4, 0.5) is 0 Å². The van der Waals surface area contributed by atoms with E-state index in [4.69, 9.17) is 0 Å². The highest BCUT2D eigenvalue weighted by Crippen LogP contribution is 2.36. The van der Waals surface area contributed by atoms with E-state index in [0.717, 1.165) is 0 Å². The first kappa shape index (κ1) is 13.8. The predicted molar refractivity (Wildman–Crippen MR) is 91.7 cm³/mol. The van der Waals surface area contributed by atoms with Crippen molar-refractivity contribution >= 4 is 21.5 Å². The van der Waals surface area contributed by atoms with Crippen LogP contribution in [0, 0.1) is 10.5 Å². The summed E-state index contributed by atoms with van der Waals surface area (Å²) in [6.45, 7) is 2.16. The zero-order valence-corrected chi connectivity index (χ0v) is 14.7. The van der Waals surface area contributed by atoms with Gasteiger partial charge in [0, 0.05) is 10.8 Å². The molecule has 0 bridgehead atoms. The number of aryl methyl sites for hydroxylation is 1. The lowest BCUT2D eigenvalue weighted by atomic mass is 9.91. The second kappa shape index (κ2) is 5.40. The highest BCUT2D eigenvalue weighted by molar-refractivity contribution is 6.12. The first-order valence-corrected chi connectivity index (χ1v) is 8.60. The minimum atomic E-state index is 1.30. The van der Waals surface area contributed by atoms with E-state index >= 15 is 0 Å². The molecule has 1 heteroatoms. The Hall–Kier alpha value is -1.87. The summed E-state index contributed by atoms with van der Waals surface area (Å²) in [6.07, 6.45) is 0. The second-order valence-corrected chi connectivity index (χ2v) is 6.83. The molecule has 106 valence electrons. The molecular formula is C21H16I+. The SMILES string of the molecule is Cc1cccc(-c2c3ccccc3c([IH+])c3ccccc23)c1. The summed E-state index contributed by atoms with van der Waals surface area (Å²) in [4.78, 5) is 0. The Bertz CT molecular complexity index is 942. The molecule has 0 aliphatic rings. The second-order valence-electron chi connectivity index (χ2n) is 5.66. The van der Waals surface area contributed by atoms with E-state index < -0.39 is 0 Å². The van der Waals surface area contributed by atoms with E-state index in [-0.39, 0.29) is 0 Å². The Morgan fingerprint density at radius 3 is 1.73 bits per heavy atom. The molecule has 0 saturated heterocycles. The maximum Gasteiger partial charge on any atom is 0.298 e. The van der Waals surface area contributed by atoms with Gasteiger partial charge < -0.3 is 0 Å². The maximum absolute atomic E-state index is 2.28. The van der Waals surface area contributed by atoms with E-state index in [1.54, 1.807) is 0 Å². The minimum Gasteiger partial charge on any atom is -0.0616 e. The number of rotatable bonds is 1. The van der Waals surface area contributed by atoms with Gasteiger partial charge in [0.2, 0.25) is 3.57 Å². The van der Waals surface area contributed by atoms with Crippen molar-refractivity contribution in [2.75, 3.05) is 0 Å². The first-order chi connectivity index (χ1) is 10.8. The summed E-state index contributed by atoms with van der Waals surface area (Å²) in [5.41, 5.74) is 3.95. The van der Waals surface area contributed by atoms with Crippen LogP contribution in [0.5, 0.6) is 0 Å². The van der Waals surface area contributed by atoms with Crippen LogP contribution in [0.3, 0.4) is 0 Å². The molecule has 0 aromatic heterocycles. The summed E-state index contributed by atoms with van der Waals surface area (Å²) in [6, 6.07) is 26.3. The van der Waals surface area contributed by atoms with Crippen molar-refractivity contribution in [3.63, 3.8) is 0 Å². The fourth-order valence-electron chi connectivity index (χ4n) is 3.20. The summed E-state index contributed by atoms with van der Waals surface area (Å²) < 4.78 is 1.37. The molecule has 0 atom stereocenters. The Balaban J connectivity index is 2.26. The van der Waals surface area contributed by atoms with Crippen LogP contribution in [0.2, 0.25) is 0 Å². The molecule has 22 heavy (non-hydrogen) atoms. The Kier molecular flexibility index (Phi) is 3.38. The number of halogens is 1. The molecule has 0 unspecified atom stereocenters. The molecule has 4 aromatic rings. The fraction of sp³-hybridized carbons (Fsp3) is 0.0476. The predicted octanol–water partition coefficient (Wildman–Crippen LogP) is 2.42. The van der Waals surface area contributed by atoms with Gasteiger partial charge in [0.15, 0.2) is 0 Å². The van der Waals surface area contributed by atoms with Crippen molar-refractivity contribution in [3.05, 3.63) is 81.9 Å². The molecule has 0 spiro atoms. The number of hydrogen-bond donors (Lipinski definition) is 0. The normalized spacial score (nSPS) is 11.2. The molecule has 0 radical (unpaired) electrons. The van der Waals surface area contributed by atoms with Crippen LogP contribution < -0.4 is 22.6 Å². The highest BCUT2D eigenvalue weighted by Gasteiger charge is 2.17. The molecule has 0 amide bonds. The smallest absolute Gasteiger partial charge is 0.0616 e. The average molecular weight is 395 g/mol. The van der Waals surface area contributed by atoms with E-state index in [1.807, 2.05) is 0 Å². The van der Waals surface area contributed by atoms with E-state index in [1.165, 1.54) is 41.8 Å². The van der Waals surface area contributed by atoms with Gasteiger partial charge in [0.05, 0.1) is 0 Å². The highest BCUT2D eigenvalue weighted by atomic mass is 127. The summed E-state index contributed by atoms with van der Waals surface area (Å²) >= 11 is 2.14. The van der Waals surface area contributed by atoms with E-state index in [0.29, 0.717) is 0 Å². The van der Waals surface area contributed by atoms with Crippen LogP contribution >= 0.6 is 0 Å². The van der Waals surface area contributed by atoms with Crippen molar-refractivity contribution in [3.8, 4) is 11.1 Å². The van der Waals surface area contributed by atoms with Gasteiger partial charge in [-0.2, -0.15) is 0 Å².